The van der Waals surface area contributed by atoms with Gasteiger partial charge in [0.15, 0.2) is 0 Å². The lowest BCUT2D eigenvalue weighted by molar-refractivity contribution is 0.213. The number of hydrogen-bond acceptors (Lipinski definition) is 7. The zero-order valence-electron chi connectivity index (χ0n) is 19.6. The maximum absolute atomic E-state index is 9.35. The van der Waals surface area contributed by atoms with Gasteiger partial charge in [-0.1, -0.05) is 23.4 Å². The first kappa shape index (κ1) is 21.9. The third-order valence-electron chi connectivity index (χ3n) is 6.98. The highest BCUT2D eigenvalue weighted by Gasteiger charge is 2.44. The summed E-state index contributed by atoms with van der Waals surface area (Å²) in [5.74, 6) is 1.93. The molecule has 1 saturated heterocycles. The number of rotatable bonds is 7. The summed E-state index contributed by atoms with van der Waals surface area (Å²) in [6.45, 7) is 7.04. The molecule has 3 aromatic rings. The molecule has 2 aliphatic rings. The molecule has 2 N–H and O–H groups in total. The molecule has 0 bridgehead atoms. The molecule has 2 aromatic carbocycles. The molecule has 174 valence electrons. The van der Waals surface area contributed by atoms with Crippen molar-refractivity contribution in [3.63, 3.8) is 0 Å². The van der Waals surface area contributed by atoms with Gasteiger partial charge in [0.25, 0.3) is 5.89 Å². The number of aromatic nitrogens is 2. The van der Waals surface area contributed by atoms with E-state index in [9.17, 15) is 5.11 Å². The summed E-state index contributed by atoms with van der Waals surface area (Å²) in [5, 5.41) is 16.9. The maximum Gasteiger partial charge on any atom is 0.258 e. The van der Waals surface area contributed by atoms with E-state index in [1.165, 1.54) is 11.1 Å². The Bertz CT molecular complexity index is 1140. The molecule has 1 spiro atoms. The third-order valence-corrected chi connectivity index (χ3v) is 6.98. The van der Waals surface area contributed by atoms with E-state index in [1.807, 2.05) is 39.1 Å². The first-order valence-corrected chi connectivity index (χ1v) is 11.8. The van der Waals surface area contributed by atoms with Gasteiger partial charge in [0.05, 0.1) is 18.4 Å². The first-order valence-electron chi connectivity index (χ1n) is 11.8. The number of hydrogen-bond donors (Lipinski definition) is 2. The Balaban J connectivity index is 1.44. The van der Waals surface area contributed by atoms with E-state index >= 15 is 0 Å². The number of nitrogens with zero attached hydrogens (tertiary/aromatic N) is 3. The Kier molecular flexibility index (Phi) is 5.85. The van der Waals surface area contributed by atoms with Gasteiger partial charge in [0.2, 0.25) is 5.82 Å². The molecule has 1 aliphatic heterocycles. The number of fused-ring (bicyclic) bond motifs is 2. The zero-order chi connectivity index (χ0) is 23.0. The van der Waals surface area contributed by atoms with Crippen LogP contribution in [0.2, 0.25) is 0 Å². The average Bonchev–Trinajstić information content (AvgIpc) is 3.54. The minimum atomic E-state index is 0.0945. The van der Waals surface area contributed by atoms with E-state index in [0.717, 1.165) is 61.5 Å². The predicted octanol–water partition coefficient (Wildman–Crippen LogP) is 4.11. The first-order chi connectivity index (χ1) is 16.0. The van der Waals surface area contributed by atoms with Crippen LogP contribution in [-0.2, 0) is 11.8 Å². The van der Waals surface area contributed by atoms with E-state index in [2.05, 4.69) is 33.6 Å². The summed E-state index contributed by atoms with van der Waals surface area (Å²) in [6.07, 6.45) is 3.39. The lowest BCUT2D eigenvalue weighted by Gasteiger charge is -2.25. The Morgan fingerprint density at radius 2 is 2.12 bits per heavy atom. The second-order valence-electron chi connectivity index (χ2n) is 9.41. The fourth-order valence-corrected chi connectivity index (χ4v) is 5.44. The number of benzene rings is 2. The van der Waals surface area contributed by atoms with Crippen molar-refractivity contribution in [3.05, 3.63) is 47.5 Å². The molecule has 33 heavy (non-hydrogen) atoms. The van der Waals surface area contributed by atoms with Crippen molar-refractivity contribution in [3.8, 4) is 28.6 Å². The van der Waals surface area contributed by atoms with Gasteiger partial charge in [0, 0.05) is 36.7 Å². The number of aliphatic hydroxyl groups is 1. The van der Waals surface area contributed by atoms with E-state index in [1.54, 1.807) is 0 Å². The van der Waals surface area contributed by atoms with Crippen LogP contribution in [-0.4, -0.2) is 59.5 Å². The fraction of sp³-hybridized carbons (Fsp3) is 0.462. The molecule has 0 amide bonds. The van der Waals surface area contributed by atoms with Crippen LogP contribution in [0.1, 0.15) is 37.8 Å². The highest BCUT2D eigenvalue weighted by atomic mass is 16.5. The topological polar surface area (TPSA) is 83.7 Å². The second kappa shape index (κ2) is 8.80. The summed E-state index contributed by atoms with van der Waals surface area (Å²) >= 11 is 0. The standard InChI is InChI=1S/C26H32N4O3/c1-17(2)32-23-8-7-18(15-22(23)27-3)25-28-24(29-33-25)20-5-4-6-21-19(20)9-10-26(21)11-12-30(16-26)13-14-31/h4-8,15,17,27,31H,9-14,16H2,1-3H3. The van der Waals surface area contributed by atoms with Crippen molar-refractivity contribution < 1.29 is 14.4 Å². The van der Waals surface area contributed by atoms with Crippen molar-refractivity contribution >= 4 is 5.69 Å². The molecule has 1 atom stereocenters. The minimum Gasteiger partial charge on any atom is -0.489 e. The molecule has 1 fully saturated rings. The Labute approximate surface area is 194 Å². The smallest absolute Gasteiger partial charge is 0.258 e. The molecule has 5 rings (SSSR count). The number of nitrogens with one attached hydrogen (secondary N) is 1. The van der Waals surface area contributed by atoms with E-state index in [-0.39, 0.29) is 18.1 Å². The molecule has 1 aliphatic carbocycles. The van der Waals surface area contributed by atoms with Gasteiger partial charge >= 0.3 is 0 Å². The molecule has 2 heterocycles. The molecule has 0 saturated carbocycles. The van der Waals surface area contributed by atoms with Crippen LogP contribution in [0.5, 0.6) is 5.75 Å². The quantitative estimate of drug-likeness (QED) is 0.563. The van der Waals surface area contributed by atoms with Gasteiger partial charge in [0.1, 0.15) is 5.75 Å². The highest BCUT2D eigenvalue weighted by molar-refractivity contribution is 5.70. The lowest BCUT2D eigenvalue weighted by atomic mass is 9.81. The van der Waals surface area contributed by atoms with E-state index < -0.39 is 0 Å². The van der Waals surface area contributed by atoms with Crippen LogP contribution in [0.3, 0.4) is 0 Å². The molecule has 0 radical (unpaired) electrons. The molecule has 1 aromatic heterocycles. The SMILES string of the molecule is CNc1cc(-c2nc(-c3cccc4c3CCC43CCN(CCO)C3)no2)ccc1OC(C)C. The van der Waals surface area contributed by atoms with Crippen LogP contribution in [0, 0.1) is 0 Å². The number of aliphatic hydroxyl groups excluding tert-OH is 1. The maximum atomic E-state index is 9.35. The van der Waals surface area contributed by atoms with Gasteiger partial charge < -0.3 is 24.6 Å². The third kappa shape index (κ3) is 4.00. The number of ether oxygens (including phenoxy) is 1. The van der Waals surface area contributed by atoms with Gasteiger partial charge in [-0.15, -0.1) is 0 Å². The predicted molar refractivity (Wildman–Crippen MR) is 129 cm³/mol. The number of β-amino-alcohol motifs (C(OH)–C–C–N with tert-alkyl or cyclic N) is 1. The molecular weight excluding hydrogens is 416 g/mol. The average molecular weight is 449 g/mol. The number of anilines is 1. The number of likely N-dealkylation sites (tertiary alicyclic amines) is 1. The Morgan fingerprint density at radius 1 is 1.24 bits per heavy atom. The van der Waals surface area contributed by atoms with Gasteiger partial charge in [-0.2, -0.15) is 4.98 Å². The van der Waals surface area contributed by atoms with Crippen LogP contribution in [0.25, 0.3) is 22.8 Å². The van der Waals surface area contributed by atoms with Crippen molar-refractivity contribution in [2.24, 2.45) is 0 Å². The Morgan fingerprint density at radius 3 is 2.91 bits per heavy atom. The van der Waals surface area contributed by atoms with Crippen LogP contribution < -0.4 is 10.1 Å². The van der Waals surface area contributed by atoms with Crippen molar-refractivity contribution in [1.29, 1.82) is 0 Å². The second-order valence-corrected chi connectivity index (χ2v) is 9.41. The summed E-state index contributed by atoms with van der Waals surface area (Å²) in [4.78, 5) is 7.14. The monoisotopic (exact) mass is 448 g/mol. The van der Waals surface area contributed by atoms with Crippen LogP contribution in [0.4, 0.5) is 5.69 Å². The molecular formula is C26H32N4O3. The largest absolute Gasteiger partial charge is 0.489 e. The zero-order valence-corrected chi connectivity index (χ0v) is 19.6. The fourth-order valence-electron chi connectivity index (χ4n) is 5.44. The van der Waals surface area contributed by atoms with E-state index in [0.29, 0.717) is 11.7 Å². The Hall–Kier alpha value is -2.90. The van der Waals surface area contributed by atoms with Gasteiger partial charge in [-0.3, -0.25) is 0 Å². The summed E-state index contributed by atoms with van der Waals surface area (Å²) in [6, 6.07) is 12.4. The normalized spacial score (nSPS) is 20.0. The summed E-state index contributed by atoms with van der Waals surface area (Å²) < 4.78 is 11.6. The van der Waals surface area contributed by atoms with E-state index in [4.69, 9.17) is 14.2 Å². The van der Waals surface area contributed by atoms with Crippen molar-refractivity contribution in [2.45, 2.75) is 44.6 Å². The van der Waals surface area contributed by atoms with Crippen molar-refractivity contribution in [2.75, 3.05) is 38.6 Å². The summed E-state index contributed by atoms with van der Waals surface area (Å²) in [7, 11) is 1.87. The molecule has 7 nitrogen and oxygen atoms in total. The van der Waals surface area contributed by atoms with Crippen LogP contribution in [0.15, 0.2) is 40.9 Å². The molecule has 1 unspecified atom stereocenters. The molecule has 7 heteroatoms. The van der Waals surface area contributed by atoms with Crippen molar-refractivity contribution in [1.82, 2.24) is 15.0 Å². The van der Waals surface area contributed by atoms with Crippen LogP contribution >= 0.6 is 0 Å². The highest BCUT2D eigenvalue weighted by Crippen LogP contribution is 2.48. The van der Waals surface area contributed by atoms with Gasteiger partial charge in [-0.25, -0.2) is 0 Å². The minimum absolute atomic E-state index is 0.0945. The summed E-state index contributed by atoms with van der Waals surface area (Å²) in [5.41, 5.74) is 5.74. The lowest BCUT2D eigenvalue weighted by Crippen LogP contribution is -2.30. The van der Waals surface area contributed by atoms with Gasteiger partial charge in [-0.05, 0) is 69.0 Å².